The maximum Gasteiger partial charge on any atom is 0.0113 e. The zero-order valence-corrected chi connectivity index (χ0v) is 26.7. The standard InChI is InChI=1S/C17H35N3.C9H18N.C2H6.Y/c1-15(2)17-5-7-18(8-6-17)9-10-19-11-13-20(14-12-19)16(3)4;1-8(2)7-9-3-5-10-6-4-9;1-2;/h15-17H,5-14H2,1-4H3;8-9H,3-7H2,1-2H3;1-2H3;/q;-1;;. The fraction of sp³-hybridized carbons (Fsp3) is 1.00. The second-order valence-electron chi connectivity index (χ2n) is 11.1. The van der Waals surface area contributed by atoms with E-state index < -0.39 is 0 Å². The minimum Gasteiger partial charge on any atom is -0.662 e. The van der Waals surface area contributed by atoms with Gasteiger partial charge in [0.25, 0.3) is 0 Å². The largest absolute Gasteiger partial charge is 0.662 e. The molecular formula is C28H59N4Y-. The van der Waals surface area contributed by atoms with Gasteiger partial charge in [0.15, 0.2) is 0 Å². The Hall–Kier alpha value is 0.944. The number of rotatable bonds is 7. The molecule has 5 heteroatoms. The van der Waals surface area contributed by atoms with E-state index in [1.807, 2.05) is 13.8 Å². The van der Waals surface area contributed by atoms with Crippen molar-refractivity contribution in [3.05, 3.63) is 5.32 Å². The van der Waals surface area contributed by atoms with Crippen LogP contribution in [0.25, 0.3) is 5.32 Å². The van der Waals surface area contributed by atoms with Crippen molar-refractivity contribution >= 4 is 0 Å². The van der Waals surface area contributed by atoms with Crippen molar-refractivity contribution < 1.29 is 32.7 Å². The van der Waals surface area contributed by atoms with Crippen molar-refractivity contribution in [3.8, 4) is 0 Å². The summed E-state index contributed by atoms with van der Waals surface area (Å²) in [6.07, 6.45) is 6.93. The summed E-state index contributed by atoms with van der Waals surface area (Å²) in [5.41, 5.74) is 0. The molecule has 0 unspecified atom stereocenters. The summed E-state index contributed by atoms with van der Waals surface area (Å²) in [4.78, 5) is 7.95. The Balaban J connectivity index is 0.000000666. The Morgan fingerprint density at radius 2 is 1.18 bits per heavy atom. The summed E-state index contributed by atoms with van der Waals surface area (Å²) in [6, 6.07) is 0.715. The summed E-state index contributed by atoms with van der Waals surface area (Å²) >= 11 is 0. The van der Waals surface area contributed by atoms with E-state index >= 15 is 0 Å². The molecule has 3 aliphatic heterocycles. The molecule has 4 nitrogen and oxygen atoms in total. The van der Waals surface area contributed by atoms with Gasteiger partial charge in [-0.3, -0.25) is 9.80 Å². The van der Waals surface area contributed by atoms with Crippen molar-refractivity contribution in [2.45, 2.75) is 93.5 Å². The molecule has 3 fully saturated rings. The quantitative estimate of drug-likeness (QED) is 0.383. The molecule has 0 aromatic heterocycles. The Labute approximate surface area is 234 Å². The zero-order chi connectivity index (χ0) is 23.9. The van der Waals surface area contributed by atoms with Gasteiger partial charge in [-0.1, -0.05) is 54.4 Å². The van der Waals surface area contributed by atoms with Crippen LogP contribution < -0.4 is 0 Å². The minimum absolute atomic E-state index is 0. The molecular weight excluding hydrogens is 481 g/mol. The summed E-state index contributed by atoms with van der Waals surface area (Å²) in [5, 5.41) is 4.33. The van der Waals surface area contributed by atoms with Crippen LogP contribution in [0.4, 0.5) is 0 Å². The van der Waals surface area contributed by atoms with E-state index in [1.165, 1.54) is 84.5 Å². The minimum atomic E-state index is 0. The van der Waals surface area contributed by atoms with Gasteiger partial charge in [-0.15, -0.1) is 13.1 Å². The number of piperazine rings is 1. The van der Waals surface area contributed by atoms with E-state index in [2.05, 4.69) is 61.6 Å². The van der Waals surface area contributed by atoms with E-state index in [0.717, 1.165) is 36.8 Å². The maximum atomic E-state index is 4.33. The van der Waals surface area contributed by atoms with Gasteiger partial charge in [-0.05, 0) is 69.9 Å². The third-order valence-corrected chi connectivity index (χ3v) is 7.64. The van der Waals surface area contributed by atoms with Crippen LogP contribution in [0.15, 0.2) is 0 Å². The Bertz CT molecular complexity index is 394. The topological polar surface area (TPSA) is 23.8 Å². The Morgan fingerprint density at radius 1 is 0.697 bits per heavy atom. The van der Waals surface area contributed by atoms with Crippen molar-refractivity contribution in [1.82, 2.24) is 14.7 Å². The number of hydrogen-bond donors (Lipinski definition) is 0. The van der Waals surface area contributed by atoms with Crippen LogP contribution in [0.1, 0.15) is 87.5 Å². The van der Waals surface area contributed by atoms with Crippen LogP contribution in [-0.4, -0.2) is 86.2 Å². The van der Waals surface area contributed by atoms with Gasteiger partial charge in [0.05, 0.1) is 0 Å². The van der Waals surface area contributed by atoms with E-state index in [0.29, 0.717) is 6.04 Å². The molecule has 0 aromatic rings. The molecule has 1 radical (unpaired) electrons. The van der Waals surface area contributed by atoms with Crippen LogP contribution in [0.2, 0.25) is 0 Å². The van der Waals surface area contributed by atoms with Crippen molar-refractivity contribution in [1.29, 1.82) is 0 Å². The van der Waals surface area contributed by atoms with E-state index in [9.17, 15) is 0 Å². The number of likely N-dealkylation sites (tertiary alicyclic amines) is 1. The van der Waals surface area contributed by atoms with Gasteiger partial charge in [0.1, 0.15) is 0 Å². The van der Waals surface area contributed by atoms with Crippen LogP contribution in [0.5, 0.6) is 0 Å². The maximum absolute atomic E-state index is 4.33. The first-order chi connectivity index (χ1) is 15.3. The van der Waals surface area contributed by atoms with Crippen molar-refractivity contribution in [2.75, 3.05) is 65.4 Å². The first-order valence-electron chi connectivity index (χ1n) is 14.2. The second-order valence-corrected chi connectivity index (χ2v) is 11.1. The first kappa shape index (κ1) is 33.9. The predicted octanol–water partition coefficient (Wildman–Crippen LogP) is 6.22. The normalized spacial score (nSPS) is 21.9. The van der Waals surface area contributed by atoms with Crippen LogP contribution in [0.3, 0.4) is 0 Å². The summed E-state index contributed by atoms with van der Waals surface area (Å²) in [6.45, 7) is 30.5. The van der Waals surface area contributed by atoms with Gasteiger partial charge < -0.3 is 10.2 Å². The molecule has 3 heterocycles. The van der Waals surface area contributed by atoms with Crippen LogP contribution in [0, 0.1) is 23.7 Å². The smallest absolute Gasteiger partial charge is 0.0113 e. The molecule has 0 bridgehead atoms. The molecule has 33 heavy (non-hydrogen) atoms. The van der Waals surface area contributed by atoms with Gasteiger partial charge >= 0.3 is 0 Å². The summed E-state index contributed by atoms with van der Waals surface area (Å²) < 4.78 is 0. The molecule has 0 aromatic carbocycles. The molecule has 0 spiro atoms. The second kappa shape index (κ2) is 20.1. The van der Waals surface area contributed by atoms with Gasteiger partial charge in [-0.25, -0.2) is 0 Å². The van der Waals surface area contributed by atoms with Gasteiger partial charge in [0, 0.05) is 78.0 Å². The monoisotopic (exact) mass is 540 g/mol. The Morgan fingerprint density at radius 3 is 1.61 bits per heavy atom. The molecule has 195 valence electrons. The fourth-order valence-electron chi connectivity index (χ4n) is 5.34. The number of hydrogen-bond acceptors (Lipinski definition) is 3. The molecule has 0 saturated carbocycles. The predicted molar refractivity (Wildman–Crippen MR) is 144 cm³/mol. The first-order valence-corrected chi connectivity index (χ1v) is 14.2. The van der Waals surface area contributed by atoms with Crippen molar-refractivity contribution in [2.24, 2.45) is 23.7 Å². The third-order valence-electron chi connectivity index (χ3n) is 7.64. The summed E-state index contributed by atoms with van der Waals surface area (Å²) in [5.74, 6) is 3.71. The zero-order valence-electron chi connectivity index (χ0n) is 23.9. The average molecular weight is 541 g/mol. The average Bonchev–Trinajstić information content (AvgIpc) is 2.80. The van der Waals surface area contributed by atoms with Crippen LogP contribution >= 0.6 is 0 Å². The SMILES string of the molecule is CC.CC(C)C1CCN(CCN2CCN(C(C)C)CC2)CC1.CC(C)CC1CC[N-]CC1.[Y]. The molecule has 3 aliphatic rings. The van der Waals surface area contributed by atoms with Gasteiger partial charge in [0.2, 0.25) is 0 Å². The van der Waals surface area contributed by atoms with Crippen molar-refractivity contribution in [3.63, 3.8) is 0 Å². The Kier molecular flexibility index (Phi) is 20.6. The fourth-order valence-corrected chi connectivity index (χ4v) is 5.34. The molecule has 3 saturated heterocycles. The van der Waals surface area contributed by atoms with E-state index in [1.54, 1.807) is 0 Å². The molecule has 0 aliphatic carbocycles. The molecule has 0 atom stereocenters. The molecule has 3 rings (SSSR count). The number of piperidine rings is 2. The number of nitrogens with zero attached hydrogens (tertiary/aromatic N) is 4. The van der Waals surface area contributed by atoms with Crippen LogP contribution in [-0.2, 0) is 32.7 Å². The molecule has 0 N–H and O–H groups in total. The third kappa shape index (κ3) is 14.9. The summed E-state index contributed by atoms with van der Waals surface area (Å²) in [7, 11) is 0. The van der Waals surface area contributed by atoms with Gasteiger partial charge in [-0.2, -0.15) is 0 Å². The van der Waals surface area contributed by atoms with E-state index in [4.69, 9.17) is 0 Å². The molecule has 0 amide bonds. The van der Waals surface area contributed by atoms with E-state index in [-0.39, 0.29) is 32.7 Å².